The van der Waals surface area contributed by atoms with E-state index in [9.17, 15) is 4.79 Å². The van der Waals surface area contributed by atoms with Crippen LogP contribution in [0.4, 0.5) is 0 Å². The van der Waals surface area contributed by atoms with Gasteiger partial charge in [0.15, 0.2) is 0 Å². The summed E-state index contributed by atoms with van der Waals surface area (Å²) in [4.78, 5) is 11.5. The largest absolute Gasteiger partial charge is 0.497 e. The molecule has 0 aliphatic heterocycles. The minimum absolute atomic E-state index is 0.0721. The van der Waals surface area contributed by atoms with Crippen molar-refractivity contribution in [3.8, 4) is 11.5 Å². The smallest absolute Gasteiger partial charge is 0.223 e. The van der Waals surface area contributed by atoms with Gasteiger partial charge in [-0.25, -0.2) is 0 Å². The number of hydrogen-bond acceptors (Lipinski definition) is 4. The topological polar surface area (TPSA) is 67.8 Å². The summed E-state index contributed by atoms with van der Waals surface area (Å²) in [6.07, 6.45) is 0.296. The van der Waals surface area contributed by atoms with Crippen LogP contribution >= 0.6 is 0 Å². The van der Waals surface area contributed by atoms with Crippen molar-refractivity contribution < 1.29 is 19.4 Å². The van der Waals surface area contributed by atoms with E-state index < -0.39 is 0 Å². The van der Waals surface area contributed by atoms with Crippen LogP contribution in [0.1, 0.15) is 13.3 Å². The molecule has 0 heterocycles. The Morgan fingerprint density at radius 3 is 2.53 bits per heavy atom. The first kappa shape index (κ1) is 15.3. The molecule has 106 valence electrons. The van der Waals surface area contributed by atoms with Gasteiger partial charge in [-0.15, -0.1) is 0 Å². The van der Waals surface area contributed by atoms with Crippen molar-refractivity contribution in [3.63, 3.8) is 0 Å². The lowest BCUT2D eigenvalue weighted by Crippen LogP contribution is -2.30. The molecule has 0 aliphatic carbocycles. The maximum Gasteiger partial charge on any atom is 0.223 e. The number of amides is 1. The highest BCUT2D eigenvalue weighted by Gasteiger charge is 2.05. The molecule has 1 rings (SSSR count). The molecule has 0 saturated carbocycles. The van der Waals surface area contributed by atoms with Gasteiger partial charge in [-0.3, -0.25) is 4.79 Å². The highest BCUT2D eigenvalue weighted by atomic mass is 16.5. The molecule has 0 radical (unpaired) electrons. The minimum atomic E-state index is -0.0752. The number of carbonyl (C=O) groups is 1. The van der Waals surface area contributed by atoms with Crippen LogP contribution in [0.15, 0.2) is 24.3 Å². The summed E-state index contributed by atoms with van der Waals surface area (Å²) in [6.45, 7) is 2.75. The van der Waals surface area contributed by atoms with Gasteiger partial charge < -0.3 is 19.9 Å². The van der Waals surface area contributed by atoms with Crippen LogP contribution in [-0.4, -0.2) is 37.9 Å². The number of aliphatic hydroxyl groups is 1. The highest BCUT2D eigenvalue weighted by molar-refractivity contribution is 5.75. The maximum absolute atomic E-state index is 11.5. The quantitative estimate of drug-likeness (QED) is 0.743. The first-order valence-corrected chi connectivity index (χ1v) is 6.30. The average molecular weight is 267 g/mol. The van der Waals surface area contributed by atoms with Crippen molar-refractivity contribution >= 4 is 5.91 Å². The molecule has 1 aromatic carbocycles. The van der Waals surface area contributed by atoms with E-state index in [2.05, 4.69) is 5.32 Å². The van der Waals surface area contributed by atoms with Crippen LogP contribution in [0.5, 0.6) is 11.5 Å². The molecular weight excluding hydrogens is 246 g/mol. The third kappa shape index (κ3) is 6.10. The molecule has 0 saturated heterocycles. The fourth-order valence-corrected chi connectivity index (χ4v) is 1.37. The zero-order valence-corrected chi connectivity index (χ0v) is 11.4. The Balaban J connectivity index is 2.20. The Morgan fingerprint density at radius 2 is 1.95 bits per heavy atom. The summed E-state index contributed by atoms with van der Waals surface area (Å²) in [7, 11) is 1.60. The molecule has 5 nitrogen and oxygen atoms in total. The molecular formula is C14H21NO4. The van der Waals surface area contributed by atoms with Gasteiger partial charge in [0.2, 0.25) is 5.91 Å². The Kier molecular flexibility index (Phi) is 6.74. The lowest BCUT2D eigenvalue weighted by molar-refractivity contribution is -0.121. The Hall–Kier alpha value is -1.75. The third-order valence-corrected chi connectivity index (χ3v) is 2.62. The third-order valence-electron chi connectivity index (χ3n) is 2.62. The van der Waals surface area contributed by atoms with E-state index in [1.165, 1.54) is 0 Å². The predicted octanol–water partition coefficient (Wildman–Crippen LogP) is 1.21. The van der Waals surface area contributed by atoms with Crippen molar-refractivity contribution in [2.24, 2.45) is 5.92 Å². The van der Waals surface area contributed by atoms with Gasteiger partial charge in [-0.1, -0.05) is 6.92 Å². The standard InChI is InChI=1S/C14H21NO4/c1-11(10-16)9-15-14(17)7-8-19-13-5-3-12(18-2)4-6-13/h3-6,11,16H,7-10H2,1-2H3,(H,15,17). The van der Waals surface area contributed by atoms with Crippen molar-refractivity contribution in [2.45, 2.75) is 13.3 Å². The van der Waals surface area contributed by atoms with E-state index in [4.69, 9.17) is 14.6 Å². The van der Waals surface area contributed by atoms with Gasteiger partial charge in [0.05, 0.1) is 20.1 Å². The molecule has 2 N–H and O–H groups in total. The molecule has 1 unspecified atom stereocenters. The summed E-state index contributed by atoms with van der Waals surface area (Å²) < 4.78 is 10.5. The molecule has 0 aliphatic rings. The van der Waals surface area contributed by atoms with Crippen molar-refractivity contribution in [3.05, 3.63) is 24.3 Å². The van der Waals surface area contributed by atoms with Crippen LogP contribution in [0.2, 0.25) is 0 Å². The second kappa shape index (κ2) is 8.37. The van der Waals surface area contributed by atoms with Crippen LogP contribution in [0.25, 0.3) is 0 Å². The number of nitrogens with one attached hydrogen (secondary N) is 1. The molecule has 0 aromatic heterocycles. The predicted molar refractivity (Wildman–Crippen MR) is 72.4 cm³/mol. The van der Waals surface area contributed by atoms with Gasteiger partial charge in [0.1, 0.15) is 11.5 Å². The lowest BCUT2D eigenvalue weighted by Gasteiger charge is -2.10. The number of rotatable bonds is 8. The number of hydrogen-bond donors (Lipinski definition) is 2. The van der Waals surface area contributed by atoms with Gasteiger partial charge in [-0.05, 0) is 30.2 Å². The Labute approximate surface area is 113 Å². The molecule has 0 fully saturated rings. The zero-order chi connectivity index (χ0) is 14.1. The number of carbonyl (C=O) groups excluding carboxylic acids is 1. The van der Waals surface area contributed by atoms with Crippen LogP contribution < -0.4 is 14.8 Å². The summed E-state index contributed by atoms with van der Waals surface area (Å²) in [6, 6.07) is 7.20. The second-order valence-corrected chi connectivity index (χ2v) is 4.37. The van der Waals surface area contributed by atoms with E-state index in [0.29, 0.717) is 25.3 Å². The van der Waals surface area contributed by atoms with E-state index in [1.54, 1.807) is 31.4 Å². The molecule has 0 bridgehead atoms. The molecule has 1 amide bonds. The molecule has 0 spiro atoms. The van der Waals surface area contributed by atoms with E-state index in [-0.39, 0.29) is 18.4 Å². The van der Waals surface area contributed by atoms with Crippen molar-refractivity contribution in [1.29, 1.82) is 0 Å². The monoisotopic (exact) mass is 267 g/mol. The summed E-state index contributed by atoms with van der Waals surface area (Å²) >= 11 is 0. The van der Waals surface area contributed by atoms with Crippen molar-refractivity contribution in [1.82, 2.24) is 5.32 Å². The molecule has 19 heavy (non-hydrogen) atoms. The van der Waals surface area contributed by atoms with Crippen molar-refractivity contribution in [2.75, 3.05) is 26.9 Å². The second-order valence-electron chi connectivity index (χ2n) is 4.37. The normalized spacial score (nSPS) is 11.7. The Bertz CT molecular complexity index is 378. The fourth-order valence-electron chi connectivity index (χ4n) is 1.37. The Morgan fingerprint density at radius 1 is 1.32 bits per heavy atom. The summed E-state index contributed by atoms with van der Waals surface area (Å²) in [5, 5.41) is 11.6. The van der Waals surface area contributed by atoms with Crippen LogP contribution in [0.3, 0.4) is 0 Å². The van der Waals surface area contributed by atoms with Crippen LogP contribution in [0, 0.1) is 5.92 Å². The maximum atomic E-state index is 11.5. The van der Waals surface area contributed by atoms with E-state index in [0.717, 1.165) is 5.75 Å². The fraction of sp³-hybridized carbons (Fsp3) is 0.500. The summed E-state index contributed by atoms with van der Waals surface area (Å²) in [5.74, 6) is 1.47. The SMILES string of the molecule is COc1ccc(OCCC(=O)NCC(C)CO)cc1. The number of ether oxygens (including phenoxy) is 2. The molecule has 5 heteroatoms. The average Bonchev–Trinajstić information content (AvgIpc) is 2.45. The summed E-state index contributed by atoms with van der Waals surface area (Å²) in [5.41, 5.74) is 0. The highest BCUT2D eigenvalue weighted by Crippen LogP contribution is 2.16. The minimum Gasteiger partial charge on any atom is -0.497 e. The molecule has 1 atom stereocenters. The van der Waals surface area contributed by atoms with Crippen LogP contribution in [-0.2, 0) is 4.79 Å². The van der Waals surface area contributed by atoms with E-state index >= 15 is 0 Å². The lowest BCUT2D eigenvalue weighted by atomic mass is 10.2. The number of methoxy groups -OCH3 is 1. The van der Waals surface area contributed by atoms with Gasteiger partial charge in [-0.2, -0.15) is 0 Å². The van der Waals surface area contributed by atoms with E-state index in [1.807, 2.05) is 6.92 Å². The van der Waals surface area contributed by atoms with Gasteiger partial charge >= 0.3 is 0 Å². The molecule has 1 aromatic rings. The first-order chi connectivity index (χ1) is 9.15. The van der Waals surface area contributed by atoms with Gasteiger partial charge in [0.25, 0.3) is 0 Å². The zero-order valence-electron chi connectivity index (χ0n) is 11.4. The first-order valence-electron chi connectivity index (χ1n) is 6.30. The number of benzene rings is 1. The van der Waals surface area contributed by atoms with Gasteiger partial charge in [0, 0.05) is 13.2 Å². The number of aliphatic hydroxyl groups excluding tert-OH is 1.